The predicted molar refractivity (Wildman–Crippen MR) is 81.5 cm³/mol. The van der Waals surface area contributed by atoms with Crippen molar-refractivity contribution in [3.63, 3.8) is 0 Å². The Bertz CT molecular complexity index is 721. The number of hydrogen-bond acceptors (Lipinski definition) is 3. The van der Waals surface area contributed by atoms with Gasteiger partial charge in [0.15, 0.2) is 0 Å². The van der Waals surface area contributed by atoms with Gasteiger partial charge in [-0.2, -0.15) is 4.98 Å². The van der Waals surface area contributed by atoms with Crippen molar-refractivity contribution in [2.24, 2.45) is 0 Å². The second-order valence-electron chi connectivity index (χ2n) is 3.81. The van der Waals surface area contributed by atoms with Gasteiger partial charge < -0.3 is 10.7 Å². The van der Waals surface area contributed by atoms with Gasteiger partial charge >= 0.3 is 0 Å². The van der Waals surface area contributed by atoms with Crippen LogP contribution in [0.3, 0.4) is 0 Å². The SMILES string of the molecule is Nc1nc(Cl)c2c(-c3ccc(I)cc3)c[nH]c2n1. The maximum absolute atomic E-state index is 6.14. The summed E-state index contributed by atoms with van der Waals surface area (Å²) in [5.41, 5.74) is 8.26. The lowest BCUT2D eigenvalue weighted by atomic mass is 10.1. The Morgan fingerprint density at radius 1 is 1.17 bits per heavy atom. The van der Waals surface area contributed by atoms with Crippen LogP contribution in [0.4, 0.5) is 5.95 Å². The Kier molecular flexibility index (Phi) is 2.87. The van der Waals surface area contributed by atoms with Crippen LogP contribution in [-0.4, -0.2) is 15.0 Å². The summed E-state index contributed by atoms with van der Waals surface area (Å²) in [7, 11) is 0. The molecule has 0 saturated heterocycles. The number of nitrogens with two attached hydrogens (primary N) is 1. The monoisotopic (exact) mass is 370 g/mol. The van der Waals surface area contributed by atoms with Crippen molar-refractivity contribution < 1.29 is 0 Å². The lowest BCUT2D eigenvalue weighted by Gasteiger charge is -2.01. The second-order valence-corrected chi connectivity index (χ2v) is 5.41. The number of aromatic nitrogens is 3. The van der Waals surface area contributed by atoms with E-state index >= 15 is 0 Å². The van der Waals surface area contributed by atoms with Crippen LogP contribution < -0.4 is 5.73 Å². The van der Waals surface area contributed by atoms with Gasteiger partial charge in [0.1, 0.15) is 10.8 Å². The minimum absolute atomic E-state index is 0.170. The van der Waals surface area contributed by atoms with E-state index in [0.717, 1.165) is 16.5 Å². The van der Waals surface area contributed by atoms with Crippen molar-refractivity contribution >= 4 is 51.2 Å². The highest BCUT2D eigenvalue weighted by Crippen LogP contribution is 2.32. The molecule has 0 saturated carbocycles. The average molecular weight is 371 g/mol. The molecule has 0 aliphatic rings. The molecule has 2 heterocycles. The molecular formula is C12H8ClIN4. The molecule has 0 radical (unpaired) electrons. The summed E-state index contributed by atoms with van der Waals surface area (Å²) in [5, 5.41) is 1.17. The van der Waals surface area contributed by atoms with Crippen LogP contribution in [-0.2, 0) is 0 Å². The largest absolute Gasteiger partial charge is 0.368 e. The van der Waals surface area contributed by atoms with Crippen LogP contribution in [0.5, 0.6) is 0 Å². The van der Waals surface area contributed by atoms with Crippen LogP contribution in [0.15, 0.2) is 30.5 Å². The fourth-order valence-electron chi connectivity index (χ4n) is 1.86. The quantitative estimate of drug-likeness (QED) is 0.509. The zero-order chi connectivity index (χ0) is 12.7. The predicted octanol–water partition coefficient (Wildman–Crippen LogP) is 3.47. The molecule has 90 valence electrons. The summed E-state index contributed by atoms with van der Waals surface area (Å²) >= 11 is 8.41. The van der Waals surface area contributed by atoms with Crippen LogP contribution in [0, 0.1) is 3.57 Å². The average Bonchev–Trinajstić information content (AvgIpc) is 2.74. The van der Waals surface area contributed by atoms with Crippen LogP contribution >= 0.6 is 34.2 Å². The number of H-pyrrole nitrogens is 1. The maximum Gasteiger partial charge on any atom is 0.223 e. The van der Waals surface area contributed by atoms with E-state index in [-0.39, 0.29) is 5.95 Å². The van der Waals surface area contributed by atoms with Gasteiger partial charge in [-0.3, -0.25) is 0 Å². The zero-order valence-corrected chi connectivity index (χ0v) is 12.0. The molecule has 3 rings (SSSR count). The molecule has 6 heteroatoms. The third-order valence-electron chi connectivity index (χ3n) is 2.66. The molecule has 1 aromatic carbocycles. The highest BCUT2D eigenvalue weighted by atomic mass is 127. The lowest BCUT2D eigenvalue weighted by Crippen LogP contribution is -1.95. The minimum atomic E-state index is 0.170. The van der Waals surface area contributed by atoms with Crippen molar-refractivity contribution in [1.29, 1.82) is 0 Å². The number of anilines is 1. The summed E-state index contributed by atoms with van der Waals surface area (Å²) in [6, 6.07) is 8.16. The van der Waals surface area contributed by atoms with Gasteiger partial charge in [-0.25, -0.2) is 4.98 Å². The highest BCUT2D eigenvalue weighted by molar-refractivity contribution is 14.1. The summed E-state index contributed by atoms with van der Waals surface area (Å²) in [6.45, 7) is 0. The molecule has 2 aromatic heterocycles. The van der Waals surface area contributed by atoms with E-state index in [1.54, 1.807) is 0 Å². The third-order valence-corrected chi connectivity index (χ3v) is 3.65. The highest BCUT2D eigenvalue weighted by Gasteiger charge is 2.12. The van der Waals surface area contributed by atoms with Gasteiger partial charge in [0.2, 0.25) is 5.95 Å². The van der Waals surface area contributed by atoms with Crippen molar-refractivity contribution in [1.82, 2.24) is 15.0 Å². The van der Waals surface area contributed by atoms with E-state index < -0.39 is 0 Å². The molecule has 0 aliphatic heterocycles. The fourth-order valence-corrected chi connectivity index (χ4v) is 2.50. The molecule has 0 fully saturated rings. The normalized spacial score (nSPS) is 11.0. The summed E-state index contributed by atoms with van der Waals surface area (Å²) in [5.74, 6) is 0.170. The molecule has 0 amide bonds. The minimum Gasteiger partial charge on any atom is -0.368 e. The first-order chi connectivity index (χ1) is 8.65. The van der Waals surface area contributed by atoms with E-state index in [0.29, 0.717) is 10.8 Å². The molecule has 0 spiro atoms. The van der Waals surface area contributed by atoms with E-state index in [4.69, 9.17) is 17.3 Å². The summed E-state index contributed by atoms with van der Waals surface area (Å²) in [4.78, 5) is 11.2. The van der Waals surface area contributed by atoms with Crippen molar-refractivity contribution in [2.45, 2.75) is 0 Å². The first-order valence-corrected chi connectivity index (χ1v) is 6.67. The van der Waals surface area contributed by atoms with Gasteiger partial charge in [-0.1, -0.05) is 23.7 Å². The van der Waals surface area contributed by atoms with E-state index in [1.165, 1.54) is 3.57 Å². The van der Waals surface area contributed by atoms with Crippen molar-refractivity contribution in [3.05, 3.63) is 39.2 Å². The molecule has 18 heavy (non-hydrogen) atoms. The van der Waals surface area contributed by atoms with Gasteiger partial charge in [-0.05, 0) is 40.3 Å². The van der Waals surface area contributed by atoms with Crippen molar-refractivity contribution in [3.8, 4) is 11.1 Å². The molecule has 3 N–H and O–H groups in total. The Morgan fingerprint density at radius 3 is 2.61 bits per heavy atom. The number of nitrogens with zero attached hydrogens (tertiary/aromatic N) is 2. The molecule has 0 aliphatic carbocycles. The number of rotatable bonds is 1. The maximum atomic E-state index is 6.14. The number of nitrogens with one attached hydrogen (secondary N) is 1. The fraction of sp³-hybridized carbons (Fsp3) is 0. The first-order valence-electron chi connectivity index (χ1n) is 5.21. The Labute approximate surface area is 122 Å². The number of halogens is 2. The van der Waals surface area contributed by atoms with Gasteiger partial charge in [0.25, 0.3) is 0 Å². The molecule has 4 nitrogen and oxygen atoms in total. The van der Waals surface area contributed by atoms with Gasteiger partial charge in [0, 0.05) is 15.3 Å². The van der Waals surface area contributed by atoms with Crippen LogP contribution in [0.25, 0.3) is 22.2 Å². The Morgan fingerprint density at radius 2 is 1.89 bits per heavy atom. The van der Waals surface area contributed by atoms with Gasteiger partial charge in [-0.15, -0.1) is 0 Å². The standard InChI is InChI=1S/C12H8ClIN4/c13-10-9-8(6-1-3-7(14)4-2-6)5-16-11(9)18-12(15)17-10/h1-5H,(H3,15,16,17,18). The number of benzene rings is 1. The smallest absolute Gasteiger partial charge is 0.223 e. The third kappa shape index (κ3) is 1.93. The molecule has 0 unspecified atom stereocenters. The first kappa shape index (κ1) is 11.7. The Balaban J connectivity index is 2.27. The molecule has 3 aromatic rings. The summed E-state index contributed by atoms with van der Waals surface area (Å²) in [6.07, 6.45) is 1.87. The van der Waals surface area contributed by atoms with E-state index in [9.17, 15) is 0 Å². The summed E-state index contributed by atoms with van der Waals surface area (Å²) < 4.78 is 1.18. The second kappa shape index (κ2) is 4.40. The Hall–Kier alpha value is -1.34. The molecule has 0 atom stereocenters. The lowest BCUT2D eigenvalue weighted by molar-refractivity contribution is 1.22. The topological polar surface area (TPSA) is 67.6 Å². The van der Waals surface area contributed by atoms with E-state index in [2.05, 4.69) is 37.5 Å². The van der Waals surface area contributed by atoms with Crippen LogP contribution in [0.2, 0.25) is 5.15 Å². The number of fused-ring (bicyclic) bond motifs is 1. The van der Waals surface area contributed by atoms with Crippen molar-refractivity contribution in [2.75, 3.05) is 5.73 Å². The van der Waals surface area contributed by atoms with Crippen LogP contribution in [0.1, 0.15) is 0 Å². The number of hydrogen-bond donors (Lipinski definition) is 2. The van der Waals surface area contributed by atoms with E-state index in [1.807, 2.05) is 30.5 Å². The zero-order valence-electron chi connectivity index (χ0n) is 9.11. The molecular weight excluding hydrogens is 363 g/mol. The number of nitrogen functional groups attached to an aromatic ring is 1. The molecule has 0 bridgehead atoms. The van der Waals surface area contributed by atoms with Gasteiger partial charge in [0.05, 0.1) is 5.39 Å². The number of aromatic amines is 1.